The number of aromatic carboxylic acids is 1. The van der Waals surface area contributed by atoms with Crippen LogP contribution in [0.1, 0.15) is 28.9 Å². The summed E-state index contributed by atoms with van der Waals surface area (Å²) in [6, 6.07) is 0. The first-order valence-corrected chi connectivity index (χ1v) is 5.05. The third kappa shape index (κ3) is 2.17. The summed E-state index contributed by atoms with van der Waals surface area (Å²) in [5, 5.41) is 21.1. The predicted molar refractivity (Wildman–Crippen MR) is 54.9 cm³/mol. The summed E-state index contributed by atoms with van der Waals surface area (Å²) in [5.74, 6) is -1.04. The zero-order valence-corrected chi connectivity index (χ0v) is 8.68. The Morgan fingerprint density at radius 3 is 2.88 bits per heavy atom. The van der Waals surface area contributed by atoms with Crippen LogP contribution in [0.25, 0.3) is 0 Å². The fourth-order valence-electron chi connectivity index (χ4n) is 1.49. The Kier molecular flexibility index (Phi) is 2.84. The first-order valence-electron chi connectivity index (χ1n) is 5.05. The van der Waals surface area contributed by atoms with Crippen molar-refractivity contribution in [2.75, 3.05) is 6.61 Å². The van der Waals surface area contributed by atoms with Crippen molar-refractivity contribution in [2.45, 2.75) is 24.9 Å². The standard InChI is InChI=1S/C10H13N3O3/c14-5-10(1-2-10)13-4-8-7(9(15)16)3-11-6-12-8/h3,6,13-14H,1-2,4-5H2,(H,15,16). The van der Waals surface area contributed by atoms with Gasteiger partial charge in [-0.3, -0.25) is 0 Å². The number of carbonyl (C=O) groups is 1. The Balaban J connectivity index is 2.06. The summed E-state index contributed by atoms with van der Waals surface area (Å²) < 4.78 is 0. The molecule has 2 rings (SSSR count). The highest BCUT2D eigenvalue weighted by molar-refractivity contribution is 5.88. The highest BCUT2D eigenvalue weighted by Crippen LogP contribution is 2.34. The van der Waals surface area contributed by atoms with Crippen molar-refractivity contribution in [1.29, 1.82) is 0 Å². The maximum absolute atomic E-state index is 10.9. The number of hydrogen-bond acceptors (Lipinski definition) is 5. The van der Waals surface area contributed by atoms with E-state index in [4.69, 9.17) is 10.2 Å². The molecule has 0 saturated heterocycles. The van der Waals surface area contributed by atoms with E-state index in [1.165, 1.54) is 12.5 Å². The van der Waals surface area contributed by atoms with Crippen LogP contribution in [0.5, 0.6) is 0 Å². The van der Waals surface area contributed by atoms with Crippen LogP contribution in [0.3, 0.4) is 0 Å². The third-order valence-electron chi connectivity index (χ3n) is 2.81. The van der Waals surface area contributed by atoms with Crippen molar-refractivity contribution in [3.05, 3.63) is 23.8 Å². The molecule has 3 N–H and O–H groups in total. The van der Waals surface area contributed by atoms with Gasteiger partial charge in [0, 0.05) is 18.3 Å². The van der Waals surface area contributed by atoms with E-state index in [1.807, 2.05) is 0 Å². The zero-order chi connectivity index (χ0) is 11.6. The van der Waals surface area contributed by atoms with Gasteiger partial charge in [-0.1, -0.05) is 0 Å². The van der Waals surface area contributed by atoms with Gasteiger partial charge in [-0.15, -0.1) is 0 Å². The number of nitrogens with zero attached hydrogens (tertiary/aromatic N) is 2. The first-order chi connectivity index (χ1) is 7.67. The van der Waals surface area contributed by atoms with E-state index in [1.54, 1.807) is 0 Å². The molecule has 6 heteroatoms. The van der Waals surface area contributed by atoms with Crippen molar-refractivity contribution in [1.82, 2.24) is 15.3 Å². The van der Waals surface area contributed by atoms with Crippen molar-refractivity contribution < 1.29 is 15.0 Å². The van der Waals surface area contributed by atoms with Crippen LogP contribution in [0.2, 0.25) is 0 Å². The molecule has 1 aromatic rings. The molecule has 1 aliphatic carbocycles. The maximum Gasteiger partial charge on any atom is 0.339 e. The highest BCUT2D eigenvalue weighted by Gasteiger charge is 2.41. The summed E-state index contributed by atoms with van der Waals surface area (Å²) >= 11 is 0. The van der Waals surface area contributed by atoms with E-state index in [0.29, 0.717) is 12.2 Å². The molecule has 0 aromatic carbocycles. The smallest absolute Gasteiger partial charge is 0.339 e. The lowest BCUT2D eigenvalue weighted by molar-refractivity contribution is 0.0694. The summed E-state index contributed by atoms with van der Waals surface area (Å²) in [6.45, 7) is 0.408. The number of carboxylic acid groups (broad SMARTS) is 1. The molecule has 0 amide bonds. The van der Waals surface area contributed by atoms with Crippen molar-refractivity contribution in [2.24, 2.45) is 0 Å². The fourth-order valence-corrected chi connectivity index (χ4v) is 1.49. The molecule has 6 nitrogen and oxygen atoms in total. The van der Waals surface area contributed by atoms with Gasteiger partial charge in [0.2, 0.25) is 0 Å². The van der Waals surface area contributed by atoms with E-state index in [0.717, 1.165) is 12.8 Å². The molecule has 0 aliphatic heterocycles. The van der Waals surface area contributed by atoms with Gasteiger partial charge in [0.15, 0.2) is 0 Å². The number of aromatic nitrogens is 2. The van der Waals surface area contributed by atoms with Crippen molar-refractivity contribution >= 4 is 5.97 Å². The van der Waals surface area contributed by atoms with E-state index < -0.39 is 5.97 Å². The average molecular weight is 223 g/mol. The van der Waals surface area contributed by atoms with Gasteiger partial charge in [-0.25, -0.2) is 14.8 Å². The number of rotatable bonds is 5. The second kappa shape index (κ2) is 4.15. The van der Waals surface area contributed by atoms with Crippen LogP contribution in [-0.4, -0.2) is 38.3 Å². The van der Waals surface area contributed by atoms with Crippen LogP contribution in [0.15, 0.2) is 12.5 Å². The molecule has 86 valence electrons. The maximum atomic E-state index is 10.9. The number of aliphatic hydroxyl groups is 1. The quantitative estimate of drug-likeness (QED) is 0.639. The number of hydrogen-bond donors (Lipinski definition) is 3. The molecule has 0 atom stereocenters. The highest BCUT2D eigenvalue weighted by atomic mass is 16.4. The Hall–Kier alpha value is -1.53. The molecule has 1 fully saturated rings. The Morgan fingerprint density at radius 1 is 1.56 bits per heavy atom. The molecule has 1 heterocycles. The Bertz CT molecular complexity index is 404. The van der Waals surface area contributed by atoms with Crippen molar-refractivity contribution in [3.8, 4) is 0 Å². The molecule has 1 aromatic heterocycles. The van der Waals surface area contributed by atoms with Crippen LogP contribution in [0, 0.1) is 0 Å². The molecular formula is C10H13N3O3. The monoisotopic (exact) mass is 223 g/mol. The minimum absolute atomic E-state index is 0.0699. The molecular weight excluding hydrogens is 210 g/mol. The van der Waals surface area contributed by atoms with Gasteiger partial charge in [0.05, 0.1) is 12.3 Å². The lowest BCUT2D eigenvalue weighted by Crippen LogP contribution is -2.34. The third-order valence-corrected chi connectivity index (χ3v) is 2.81. The summed E-state index contributed by atoms with van der Waals surface area (Å²) in [5.41, 5.74) is 0.326. The average Bonchev–Trinajstić information content (AvgIpc) is 3.07. The molecule has 0 spiro atoms. The van der Waals surface area contributed by atoms with E-state index >= 15 is 0 Å². The SMILES string of the molecule is O=C(O)c1cncnc1CNC1(CO)CC1. The van der Waals surface area contributed by atoms with Gasteiger partial charge in [-0.2, -0.15) is 0 Å². The van der Waals surface area contributed by atoms with Crippen LogP contribution in [0.4, 0.5) is 0 Å². The van der Waals surface area contributed by atoms with Crippen LogP contribution >= 0.6 is 0 Å². The first kappa shape index (κ1) is 11.0. The van der Waals surface area contributed by atoms with Gasteiger partial charge < -0.3 is 15.5 Å². The zero-order valence-electron chi connectivity index (χ0n) is 8.68. The Labute approximate surface area is 92.4 Å². The van der Waals surface area contributed by atoms with Crippen LogP contribution in [-0.2, 0) is 6.54 Å². The molecule has 16 heavy (non-hydrogen) atoms. The lowest BCUT2D eigenvalue weighted by atomic mass is 10.2. The lowest BCUT2D eigenvalue weighted by Gasteiger charge is -2.14. The second-order valence-electron chi connectivity index (χ2n) is 3.98. The number of nitrogens with one attached hydrogen (secondary N) is 1. The second-order valence-corrected chi connectivity index (χ2v) is 3.98. The van der Waals surface area contributed by atoms with E-state index in [2.05, 4.69) is 15.3 Å². The van der Waals surface area contributed by atoms with Gasteiger partial charge >= 0.3 is 5.97 Å². The van der Waals surface area contributed by atoms with Gasteiger partial charge in [0.25, 0.3) is 0 Å². The topological polar surface area (TPSA) is 95.3 Å². The van der Waals surface area contributed by atoms with Gasteiger partial charge in [-0.05, 0) is 12.8 Å². The normalized spacial score (nSPS) is 17.1. The summed E-state index contributed by atoms with van der Waals surface area (Å²) in [7, 11) is 0. The Morgan fingerprint density at radius 2 is 2.31 bits per heavy atom. The summed E-state index contributed by atoms with van der Waals surface area (Å²) in [6.07, 6.45) is 4.43. The van der Waals surface area contributed by atoms with E-state index in [9.17, 15) is 4.79 Å². The van der Waals surface area contributed by atoms with Crippen LogP contribution < -0.4 is 5.32 Å². The molecule has 0 radical (unpaired) electrons. The predicted octanol–water partition coefficient (Wildman–Crippen LogP) is -0.211. The molecule has 1 saturated carbocycles. The minimum atomic E-state index is -1.04. The summed E-state index contributed by atoms with van der Waals surface area (Å²) in [4.78, 5) is 18.5. The molecule has 1 aliphatic rings. The van der Waals surface area contributed by atoms with Crippen molar-refractivity contribution in [3.63, 3.8) is 0 Å². The number of aliphatic hydroxyl groups excluding tert-OH is 1. The fraction of sp³-hybridized carbons (Fsp3) is 0.500. The van der Waals surface area contributed by atoms with Gasteiger partial charge in [0.1, 0.15) is 11.9 Å². The van der Waals surface area contributed by atoms with E-state index in [-0.39, 0.29) is 17.7 Å². The molecule has 0 bridgehead atoms. The largest absolute Gasteiger partial charge is 0.478 e. The molecule has 0 unspecified atom stereocenters. The minimum Gasteiger partial charge on any atom is -0.478 e. The number of carboxylic acids is 1.